The zero-order chi connectivity index (χ0) is 19.8. The molecule has 3 rings (SSSR count). The second kappa shape index (κ2) is 8.46. The summed E-state index contributed by atoms with van der Waals surface area (Å²) in [5.41, 5.74) is 0.508. The van der Waals surface area contributed by atoms with Crippen molar-refractivity contribution < 1.29 is 4.79 Å². The molecule has 0 atom stereocenters. The first-order valence-electron chi connectivity index (χ1n) is 7.25. The van der Waals surface area contributed by atoms with E-state index in [-0.39, 0.29) is 10.7 Å². The number of amidine groups is 1. The molecule has 0 fully saturated rings. The molecule has 27 heavy (non-hydrogen) atoms. The zero-order valence-corrected chi connectivity index (χ0v) is 19.3. The van der Waals surface area contributed by atoms with E-state index in [0.29, 0.717) is 15.7 Å². The molecule has 0 unspecified atom stereocenters. The van der Waals surface area contributed by atoms with Crippen LogP contribution in [0.15, 0.2) is 51.9 Å². The van der Waals surface area contributed by atoms with Crippen LogP contribution in [-0.2, 0) is 0 Å². The number of rotatable bonds is 2. The minimum Gasteiger partial charge on any atom is -0.306 e. The quantitative estimate of drug-likeness (QED) is 0.199. The maximum atomic E-state index is 12.7. The molecule has 0 aliphatic heterocycles. The van der Waals surface area contributed by atoms with Crippen molar-refractivity contribution in [3.05, 3.63) is 61.9 Å². The van der Waals surface area contributed by atoms with Crippen LogP contribution in [0, 0.1) is 0 Å². The number of alkyl halides is 3. The summed E-state index contributed by atoms with van der Waals surface area (Å²) >= 11 is 34.8. The first-order valence-corrected chi connectivity index (χ1v) is 10.8. The Kier molecular flexibility index (Phi) is 6.63. The third-order valence-corrected chi connectivity index (χ3v) is 6.32. The molecule has 0 aliphatic carbocycles. The van der Waals surface area contributed by atoms with Crippen molar-refractivity contribution in [1.82, 2.24) is 5.32 Å². The third-order valence-electron chi connectivity index (χ3n) is 3.37. The van der Waals surface area contributed by atoms with E-state index in [2.05, 4.69) is 26.2 Å². The van der Waals surface area contributed by atoms with Crippen molar-refractivity contribution in [2.24, 2.45) is 4.99 Å². The molecule has 1 amide bonds. The maximum Gasteiger partial charge on any atom is 0.268 e. The number of amides is 1. The molecule has 140 valence electrons. The summed E-state index contributed by atoms with van der Waals surface area (Å²) in [7, 11) is 0. The molecule has 0 spiro atoms. The molecule has 3 aromatic rings. The number of nitrogens with one attached hydrogen (secondary N) is 1. The van der Waals surface area contributed by atoms with Crippen LogP contribution in [-0.4, -0.2) is 15.5 Å². The number of carbonyl (C=O) groups is 1. The molecule has 2 aromatic carbocycles. The van der Waals surface area contributed by atoms with Crippen LogP contribution in [0.3, 0.4) is 0 Å². The zero-order valence-electron chi connectivity index (χ0n) is 13.1. The fraction of sp³-hybridized carbons (Fsp3) is 0.0588. The second-order valence-electron chi connectivity index (χ2n) is 5.27. The molecular weight excluding hydrogens is 537 g/mol. The molecule has 0 saturated carbocycles. The van der Waals surface area contributed by atoms with Gasteiger partial charge in [-0.15, -0.1) is 11.3 Å². The first-order chi connectivity index (χ1) is 12.6. The summed E-state index contributed by atoms with van der Waals surface area (Å²) < 4.78 is -0.288. The minimum absolute atomic E-state index is 0.133. The Balaban J connectivity index is 1.96. The SMILES string of the molecule is O=C(NC(=Nc1ccc(Br)cc1)C(Cl)(Cl)Cl)c1sc2cc(Cl)ccc2c1Cl. The standard InChI is InChI=1S/C17H8BrCl5N2OS/c18-8-1-4-10(5-2-8)24-16(17(21,22)23)25-15(26)14-13(20)11-6-3-9(19)7-12(11)27-14/h1-7H,(H,24,25,26). The van der Waals surface area contributed by atoms with Gasteiger partial charge in [-0.25, -0.2) is 4.99 Å². The average Bonchev–Trinajstić information content (AvgIpc) is 2.91. The lowest BCUT2D eigenvalue weighted by Crippen LogP contribution is -2.38. The van der Waals surface area contributed by atoms with E-state index < -0.39 is 9.70 Å². The number of nitrogens with zero attached hydrogens (tertiary/aromatic N) is 1. The molecule has 0 saturated heterocycles. The van der Waals surface area contributed by atoms with Gasteiger partial charge in [-0.2, -0.15) is 0 Å². The summed E-state index contributed by atoms with van der Waals surface area (Å²) in [6.45, 7) is 0. The monoisotopic (exact) mass is 542 g/mol. The van der Waals surface area contributed by atoms with E-state index in [4.69, 9.17) is 58.0 Å². The molecule has 0 radical (unpaired) electrons. The molecule has 3 nitrogen and oxygen atoms in total. The van der Waals surface area contributed by atoms with Crippen LogP contribution >= 0.6 is 85.3 Å². The molecule has 1 heterocycles. The Hall–Kier alpha value is -0.530. The highest BCUT2D eigenvalue weighted by Gasteiger charge is 2.31. The van der Waals surface area contributed by atoms with Gasteiger partial charge < -0.3 is 5.32 Å². The van der Waals surface area contributed by atoms with Crippen molar-refractivity contribution in [3.8, 4) is 0 Å². The fourth-order valence-electron chi connectivity index (χ4n) is 2.16. The van der Waals surface area contributed by atoms with E-state index in [1.54, 1.807) is 42.5 Å². The summed E-state index contributed by atoms with van der Waals surface area (Å²) in [4.78, 5) is 17.3. The molecular formula is C17H8BrCl5N2OS. The number of hydrogen-bond acceptors (Lipinski definition) is 3. The number of fused-ring (bicyclic) bond motifs is 1. The number of carbonyl (C=O) groups excluding carboxylic acids is 1. The van der Waals surface area contributed by atoms with Crippen molar-refractivity contribution in [2.75, 3.05) is 0 Å². The van der Waals surface area contributed by atoms with Crippen molar-refractivity contribution in [2.45, 2.75) is 3.79 Å². The van der Waals surface area contributed by atoms with Gasteiger partial charge in [-0.3, -0.25) is 4.79 Å². The average molecular weight is 546 g/mol. The Morgan fingerprint density at radius 2 is 1.74 bits per heavy atom. The van der Waals surface area contributed by atoms with Crippen LogP contribution in [0.25, 0.3) is 10.1 Å². The number of halogens is 6. The van der Waals surface area contributed by atoms with Gasteiger partial charge in [0.05, 0.1) is 10.7 Å². The number of benzene rings is 2. The molecule has 0 aliphatic rings. The van der Waals surface area contributed by atoms with E-state index in [0.717, 1.165) is 14.6 Å². The van der Waals surface area contributed by atoms with Gasteiger partial charge in [-0.1, -0.05) is 80.0 Å². The van der Waals surface area contributed by atoms with E-state index in [1.165, 1.54) is 11.3 Å². The van der Waals surface area contributed by atoms with Gasteiger partial charge in [0, 0.05) is 19.6 Å². The van der Waals surface area contributed by atoms with Gasteiger partial charge in [0.1, 0.15) is 4.88 Å². The number of aliphatic imine (C=N–C) groups is 1. The topological polar surface area (TPSA) is 41.5 Å². The summed E-state index contributed by atoms with van der Waals surface area (Å²) in [5.74, 6) is -0.661. The Morgan fingerprint density at radius 3 is 2.37 bits per heavy atom. The largest absolute Gasteiger partial charge is 0.306 e. The highest BCUT2D eigenvalue weighted by Crippen LogP contribution is 2.37. The fourth-order valence-corrected chi connectivity index (χ4v) is 4.38. The maximum absolute atomic E-state index is 12.7. The van der Waals surface area contributed by atoms with Crippen LogP contribution in [0.2, 0.25) is 10.0 Å². The molecule has 10 heteroatoms. The lowest BCUT2D eigenvalue weighted by Gasteiger charge is -2.15. The first kappa shape index (κ1) is 21.2. The van der Waals surface area contributed by atoms with Crippen molar-refractivity contribution in [3.63, 3.8) is 0 Å². The third kappa shape index (κ3) is 5.10. The minimum atomic E-state index is -1.94. The highest BCUT2D eigenvalue weighted by molar-refractivity contribution is 9.10. The van der Waals surface area contributed by atoms with Gasteiger partial charge in [0.15, 0.2) is 5.84 Å². The van der Waals surface area contributed by atoms with Crippen molar-refractivity contribution in [1.29, 1.82) is 0 Å². The predicted molar refractivity (Wildman–Crippen MR) is 121 cm³/mol. The number of hydrogen-bond donors (Lipinski definition) is 1. The predicted octanol–water partition coefficient (Wildman–Crippen LogP) is 7.80. The Morgan fingerprint density at radius 1 is 1.07 bits per heavy atom. The lowest BCUT2D eigenvalue weighted by atomic mass is 10.2. The molecule has 1 aromatic heterocycles. The van der Waals surface area contributed by atoms with Crippen LogP contribution < -0.4 is 5.32 Å². The van der Waals surface area contributed by atoms with Crippen LogP contribution in [0.1, 0.15) is 9.67 Å². The second-order valence-corrected chi connectivity index (χ2v) is 10.3. The van der Waals surface area contributed by atoms with Gasteiger partial charge in [0.25, 0.3) is 5.91 Å². The van der Waals surface area contributed by atoms with Gasteiger partial charge >= 0.3 is 0 Å². The van der Waals surface area contributed by atoms with E-state index in [9.17, 15) is 4.79 Å². The Bertz CT molecular complexity index is 1040. The molecule has 1 N–H and O–H groups in total. The number of thiophene rings is 1. The normalized spacial score (nSPS) is 12.4. The highest BCUT2D eigenvalue weighted by atomic mass is 79.9. The summed E-state index contributed by atoms with van der Waals surface area (Å²) in [6.07, 6.45) is 0. The lowest BCUT2D eigenvalue weighted by molar-refractivity contribution is 0.0980. The van der Waals surface area contributed by atoms with Crippen LogP contribution in [0.5, 0.6) is 0 Å². The van der Waals surface area contributed by atoms with Crippen molar-refractivity contribution >= 4 is 113 Å². The van der Waals surface area contributed by atoms with Gasteiger partial charge in [0.2, 0.25) is 3.79 Å². The van der Waals surface area contributed by atoms with E-state index >= 15 is 0 Å². The smallest absolute Gasteiger partial charge is 0.268 e. The van der Waals surface area contributed by atoms with Crippen LogP contribution in [0.4, 0.5) is 5.69 Å². The summed E-state index contributed by atoms with van der Waals surface area (Å²) in [5, 5.41) is 4.12. The Labute approximate surface area is 192 Å². The molecule has 0 bridgehead atoms. The van der Waals surface area contributed by atoms with Gasteiger partial charge in [-0.05, 0) is 36.4 Å². The van der Waals surface area contributed by atoms with E-state index in [1.807, 2.05) is 0 Å². The summed E-state index contributed by atoms with van der Waals surface area (Å²) in [6, 6.07) is 12.2.